The molecule has 0 saturated heterocycles. The Morgan fingerprint density at radius 1 is 0.905 bits per heavy atom. The van der Waals surface area contributed by atoms with Crippen LogP contribution in [0.15, 0.2) is 0 Å². The number of rotatable bonds is 12. The summed E-state index contributed by atoms with van der Waals surface area (Å²) in [4.78, 5) is 5.35. The van der Waals surface area contributed by atoms with Crippen LogP contribution >= 0.6 is 0 Å². The summed E-state index contributed by atoms with van der Waals surface area (Å²) in [5, 5.41) is 0. The largest absolute Gasteiger partial charge is 0.290 e. The maximum Gasteiger partial charge on any atom is 0.0511 e. The van der Waals surface area contributed by atoms with Crippen molar-refractivity contribution in [1.29, 1.82) is 0 Å². The van der Waals surface area contributed by atoms with Crippen LogP contribution in [-0.2, 0) is 0 Å². The van der Waals surface area contributed by atoms with Crippen LogP contribution in [0, 0.1) is 11.8 Å². The van der Waals surface area contributed by atoms with Gasteiger partial charge in [-0.05, 0) is 45.1 Å². The van der Waals surface area contributed by atoms with Gasteiger partial charge < -0.3 is 0 Å². The normalized spacial score (nSPS) is 15.7. The topological polar surface area (TPSA) is 6.48 Å². The van der Waals surface area contributed by atoms with Gasteiger partial charge >= 0.3 is 0 Å². The van der Waals surface area contributed by atoms with E-state index in [1.54, 1.807) is 0 Å². The van der Waals surface area contributed by atoms with Crippen LogP contribution < -0.4 is 0 Å². The van der Waals surface area contributed by atoms with Gasteiger partial charge in [0.05, 0.1) is 6.67 Å². The third-order valence-electron chi connectivity index (χ3n) is 5.09. The van der Waals surface area contributed by atoms with E-state index < -0.39 is 0 Å². The van der Waals surface area contributed by atoms with Crippen molar-refractivity contribution in [2.75, 3.05) is 26.3 Å². The molecule has 0 N–H and O–H groups in total. The molecule has 2 heteroatoms. The first-order valence-electron chi connectivity index (χ1n) is 9.27. The molecule has 2 nitrogen and oxygen atoms in total. The lowest BCUT2D eigenvalue weighted by Crippen LogP contribution is -2.50. The minimum Gasteiger partial charge on any atom is -0.290 e. The first-order chi connectivity index (χ1) is 9.80. The summed E-state index contributed by atoms with van der Waals surface area (Å²) in [6, 6.07) is 0. The molecule has 0 saturated carbocycles. The van der Waals surface area contributed by atoms with E-state index in [2.05, 4.69) is 65.2 Å². The fraction of sp³-hybridized carbons (Fsp3) is 1.00. The van der Waals surface area contributed by atoms with E-state index in [1.165, 1.54) is 38.8 Å². The van der Waals surface area contributed by atoms with E-state index in [4.69, 9.17) is 0 Å². The van der Waals surface area contributed by atoms with E-state index in [9.17, 15) is 0 Å². The van der Waals surface area contributed by atoms with Crippen molar-refractivity contribution >= 4 is 0 Å². The van der Waals surface area contributed by atoms with E-state index in [0.29, 0.717) is 5.54 Å². The van der Waals surface area contributed by atoms with Gasteiger partial charge in [-0.2, -0.15) is 0 Å². The van der Waals surface area contributed by atoms with Crippen LogP contribution in [0.3, 0.4) is 0 Å². The summed E-state index contributed by atoms with van der Waals surface area (Å²) in [5.74, 6) is 1.60. The molecule has 0 amide bonds. The minimum atomic E-state index is 0.302. The highest BCUT2D eigenvalue weighted by atomic mass is 15.3. The zero-order valence-corrected chi connectivity index (χ0v) is 16.2. The molecule has 0 aliphatic heterocycles. The SMILES string of the molecule is CCCC(C)CN(CC(C)CC)CN(CC)C(C)(C)CC. The molecule has 21 heavy (non-hydrogen) atoms. The van der Waals surface area contributed by atoms with Crippen LogP contribution in [0.4, 0.5) is 0 Å². The van der Waals surface area contributed by atoms with Crippen LogP contribution in [-0.4, -0.2) is 41.6 Å². The molecule has 0 aliphatic rings. The maximum absolute atomic E-state index is 2.70. The van der Waals surface area contributed by atoms with E-state index >= 15 is 0 Å². The van der Waals surface area contributed by atoms with Gasteiger partial charge in [-0.1, -0.05) is 54.4 Å². The van der Waals surface area contributed by atoms with Gasteiger partial charge in [0.1, 0.15) is 0 Å². The molecule has 0 heterocycles. The lowest BCUT2D eigenvalue weighted by molar-refractivity contribution is 0.0352. The van der Waals surface area contributed by atoms with Crippen molar-refractivity contribution in [1.82, 2.24) is 9.80 Å². The Kier molecular flexibility index (Phi) is 10.6. The number of hydrogen-bond acceptors (Lipinski definition) is 2. The highest BCUT2D eigenvalue weighted by Gasteiger charge is 2.25. The van der Waals surface area contributed by atoms with Gasteiger partial charge in [0.15, 0.2) is 0 Å². The average molecular weight is 299 g/mol. The lowest BCUT2D eigenvalue weighted by atomic mass is 9.99. The summed E-state index contributed by atoms with van der Waals surface area (Å²) in [6.07, 6.45) is 5.14. The van der Waals surface area contributed by atoms with Gasteiger partial charge in [-0.15, -0.1) is 0 Å². The Morgan fingerprint density at radius 2 is 1.48 bits per heavy atom. The molecule has 2 atom stereocenters. The first-order valence-corrected chi connectivity index (χ1v) is 9.27. The lowest BCUT2D eigenvalue weighted by Gasteiger charge is -2.42. The van der Waals surface area contributed by atoms with Crippen molar-refractivity contribution in [3.8, 4) is 0 Å². The molecular weight excluding hydrogens is 256 g/mol. The van der Waals surface area contributed by atoms with Crippen molar-refractivity contribution in [3.05, 3.63) is 0 Å². The second kappa shape index (κ2) is 10.6. The molecule has 0 aromatic heterocycles. The Hall–Kier alpha value is -0.0800. The van der Waals surface area contributed by atoms with E-state index in [1.807, 2.05) is 0 Å². The molecule has 0 bridgehead atoms. The second-order valence-corrected chi connectivity index (χ2v) is 7.61. The van der Waals surface area contributed by atoms with Gasteiger partial charge in [-0.3, -0.25) is 9.80 Å². The Labute approximate surface area is 135 Å². The van der Waals surface area contributed by atoms with Crippen LogP contribution in [0.5, 0.6) is 0 Å². The van der Waals surface area contributed by atoms with Crippen LogP contribution in [0.2, 0.25) is 0 Å². The number of hydrogen-bond donors (Lipinski definition) is 0. The summed E-state index contributed by atoms with van der Waals surface area (Å²) in [6.45, 7) is 23.5. The summed E-state index contributed by atoms with van der Waals surface area (Å²) < 4.78 is 0. The second-order valence-electron chi connectivity index (χ2n) is 7.61. The minimum absolute atomic E-state index is 0.302. The van der Waals surface area contributed by atoms with Gasteiger partial charge in [0.25, 0.3) is 0 Å². The Balaban J connectivity index is 4.77. The smallest absolute Gasteiger partial charge is 0.0511 e. The van der Waals surface area contributed by atoms with Crippen molar-refractivity contribution in [3.63, 3.8) is 0 Å². The average Bonchev–Trinajstić information content (AvgIpc) is 2.44. The third kappa shape index (κ3) is 8.21. The summed E-state index contributed by atoms with van der Waals surface area (Å²) in [7, 11) is 0. The Bertz CT molecular complexity index is 250. The highest BCUT2D eigenvalue weighted by Crippen LogP contribution is 2.20. The highest BCUT2D eigenvalue weighted by molar-refractivity contribution is 4.80. The van der Waals surface area contributed by atoms with Gasteiger partial charge in [0.2, 0.25) is 0 Å². The maximum atomic E-state index is 2.70. The molecule has 0 aromatic rings. The molecule has 0 spiro atoms. The number of nitrogens with zero attached hydrogens (tertiary/aromatic N) is 2. The van der Waals surface area contributed by atoms with Crippen molar-refractivity contribution < 1.29 is 0 Å². The fourth-order valence-electron chi connectivity index (χ4n) is 2.97. The monoisotopic (exact) mass is 298 g/mol. The van der Waals surface area contributed by atoms with E-state index in [-0.39, 0.29) is 0 Å². The predicted molar refractivity (Wildman–Crippen MR) is 96.7 cm³/mol. The van der Waals surface area contributed by atoms with Crippen molar-refractivity contribution in [2.45, 2.75) is 86.6 Å². The molecule has 0 fully saturated rings. The van der Waals surface area contributed by atoms with Crippen molar-refractivity contribution in [2.24, 2.45) is 11.8 Å². The molecule has 0 rings (SSSR count). The molecule has 128 valence electrons. The fourth-order valence-corrected chi connectivity index (χ4v) is 2.97. The molecular formula is C19H42N2. The molecule has 0 aliphatic carbocycles. The quantitative estimate of drug-likeness (QED) is 0.455. The first kappa shape index (κ1) is 20.9. The standard InChI is InChI=1S/C19H42N2/c1-9-13-18(6)15-20(14-17(5)10-2)16-21(12-4)19(7,8)11-3/h17-18H,9-16H2,1-8H3. The molecule has 0 aromatic carbocycles. The zero-order chi connectivity index (χ0) is 16.5. The molecule has 0 radical (unpaired) electrons. The van der Waals surface area contributed by atoms with Crippen LogP contribution in [0.25, 0.3) is 0 Å². The summed E-state index contributed by atoms with van der Waals surface area (Å²) in [5.41, 5.74) is 0.302. The third-order valence-corrected chi connectivity index (χ3v) is 5.09. The zero-order valence-electron chi connectivity index (χ0n) is 16.2. The molecule has 2 unspecified atom stereocenters. The Morgan fingerprint density at radius 3 is 1.90 bits per heavy atom. The van der Waals surface area contributed by atoms with E-state index in [0.717, 1.165) is 25.0 Å². The van der Waals surface area contributed by atoms with Gasteiger partial charge in [0, 0.05) is 18.6 Å². The predicted octanol–water partition coefficient (Wildman–Crippen LogP) is 5.24. The summed E-state index contributed by atoms with van der Waals surface area (Å²) >= 11 is 0. The van der Waals surface area contributed by atoms with Crippen LogP contribution in [0.1, 0.15) is 81.1 Å². The van der Waals surface area contributed by atoms with Gasteiger partial charge in [-0.25, -0.2) is 0 Å².